The number of rotatable bonds is 0. The first-order chi connectivity index (χ1) is 11.9. The molecule has 3 saturated carbocycles. The Labute approximate surface area is 206 Å². The molecule has 4 aliphatic carbocycles. The van der Waals surface area contributed by atoms with E-state index in [1.165, 1.54) is 31.3 Å². The number of carbonyl (C=O) groups excluding carboxylic acids is 1. The summed E-state index contributed by atoms with van der Waals surface area (Å²) in [5.41, 5.74) is 1.89. The molecule has 27 heavy (non-hydrogen) atoms. The van der Waals surface area contributed by atoms with Gasteiger partial charge in [0.15, 0.2) is 5.78 Å². The van der Waals surface area contributed by atoms with Gasteiger partial charge in [-0.3, -0.25) is 13.9 Å². The molecule has 150 valence electrons. The Morgan fingerprint density at radius 3 is 2.30 bits per heavy atom. The summed E-state index contributed by atoms with van der Waals surface area (Å²) >= 11 is 0. The van der Waals surface area contributed by atoms with Crippen molar-refractivity contribution in [1.29, 1.82) is 0 Å². The van der Waals surface area contributed by atoms with Crippen molar-refractivity contribution in [1.82, 2.24) is 0 Å². The summed E-state index contributed by atoms with van der Waals surface area (Å²) in [5, 5.41) is 10.4. The van der Waals surface area contributed by atoms with Gasteiger partial charge in [-0.05, 0) is 79.6 Å². The van der Waals surface area contributed by atoms with Crippen LogP contribution in [-0.4, -0.2) is 34.5 Å². The van der Waals surface area contributed by atoms with E-state index in [0.29, 0.717) is 11.7 Å². The van der Waals surface area contributed by atoms with Crippen molar-refractivity contribution in [3.05, 3.63) is 11.6 Å². The second-order valence-electron chi connectivity index (χ2n) is 9.05. The minimum Gasteiger partial charge on any atom is -1.00 e. The number of hydrogen-bond donors (Lipinski definition) is 3. The molecular formula is C19H31KO6S. The molecule has 0 spiro atoms. The first kappa shape index (κ1) is 24.1. The quantitative estimate of drug-likeness (QED) is 0.380. The van der Waals surface area contributed by atoms with E-state index in [0.717, 1.165) is 37.5 Å². The predicted octanol–water partition coefficient (Wildman–Crippen LogP) is 0.343. The first-order valence-electron chi connectivity index (χ1n) is 9.57. The standard InChI is InChI=1S/C19H28O2.K.H2O4S.H/c1-18-9-7-13(20)11-12(18)3-4-14-15-5-6-17(21)19(15,2)10-8-16(14)18;;1-5(2,3)4;/h11,14-17,21H,3-10H2,1-2H3;;(H2,1,2,3,4);/q;+1;;-1/t14-,15-,16-,17-,18-,19-;;;/m0.../s1. The molecule has 0 bridgehead atoms. The normalized spacial score (nSPS) is 43.1. The van der Waals surface area contributed by atoms with Crippen molar-refractivity contribution in [2.45, 2.75) is 71.3 Å². The van der Waals surface area contributed by atoms with E-state index in [1.54, 1.807) is 0 Å². The molecule has 0 aromatic rings. The molecule has 3 fully saturated rings. The number of aliphatic hydroxyl groups excluding tert-OH is 1. The third kappa shape index (κ3) is 4.80. The third-order valence-corrected chi connectivity index (χ3v) is 7.91. The zero-order chi connectivity index (χ0) is 19.3. The van der Waals surface area contributed by atoms with Gasteiger partial charge in [0.2, 0.25) is 0 Å². The van der Waals surface area contributed by atoms with Gasteiger partial charge in [0.05, 0.1) is 6.10 Å². The van der Waals surface area contributed by atoms with Crippen LogP contribution in [0.4, 0.5) is 0 Å². The van der Waals surface area contributed by atoms with Crippen LogP contribution in [0.3, 0.4) is 0 Å². The molecule has 0 aromatic heterocycles. The van der Waals surface area contributed by atoms with Crippen LogP contribution in [0.15, 0.2) is 11.6 Å². The molecule has 0 radical (unpaired) electrons. The fraction of sp³-hybridized carbons (Fsp3) is 0.842. The summed E-state index contributed by atoms with van der Waals surface area (Å²) in [4.78, 5) is 11.8. The number of carbonyl (C=O) groups is 1. The monoisotopic (exact) mass is 426 g/mol. The van der Waals surface area contributed by atoms with Gasteiger partial charge in [0.1, 0.15) is 0 Å². The number of hydrogen-bond acceptors (Lipinski definition) is 4. The second kappa shape index (κ2) is 8.55. The Balaban J connectivity index is 0.000000504. The van der Waals surface area contributed by atoms with Crippen LogP contribution in [0.25, 0.3) is 0 Å². The summed E-state index contributed by atoms with van der Waals surface area (Å²) in [7, 11) is -4.67. The Morgan fingerprint density at radius 2 is 1.67 bits per heavy atom. The molecule has 0 amide bonds. The van der Waals surface area contributed by atoms with E-state index in [1.807, 2.05) is 6.08 Å². The molecule has 0 heterocycles. The molecule has 0 aliphatic heterocycles. The van der Waals surface area contributed by atoms with Crippen molar-refractivity contribution < 1.29 is 80.2 Å². The van der Waals surface area contributed by atoms with Crippen LogP contribution in [0.1, 0.15) is 66.6 Å². The Hall–Kier alpha value is 0.876. The summed E-state index contributed by atoms with van der Waals surface area (Å²) in [6, 6.07) is 0. The average molecular weight is 427 g/mol. The minimum atomic E-state index is -4.67. The Bertz CT molecular complexity index is 718. The van der Waals surface area contributed by atoms with E-state index in [4.69, 9.17) is 17.5 Å². The topological polar surface area (TPSA) is 112 Å². The molecule has 6 atom stereocenters. The van der Waals surface area contributed by atoms with Crippen LogP contribution in [0.5, 0.6) is 0 Å². The molecule has 4 rings (SSSR count). The molecule has 8 heteroatoms. The fourth-order valence-corrected chi connectivity index (χ4v) is 6.53. The van der Waals surface area contributed by atoms with Gasteiger partial charge >= 0.3 is 61.8 Å². The van der Waals surface area contributed by atoms with E-state index in [2.05, 4.69) is 13.8 Å². The summed E-state index contributed by atoms with van der Waals surface area (Å²) in [6.07, 6.45) is 10.7. The van der Waals surface area contributed by atoms with Crippen molar-refractivity contribution in [3.8, 4) is 0 Å². The summed E-state index contributed by atoms with van der Waals surface area (Å²) < 4.78 is 31.6. The Kier molecular flexibility index (Phi) is 7.65. The van der Waals surface area contributed by atoms with Crippen LogP contribution < -0.4 is 51.4 Å². The zero-order valence-corrected chi connectivity index (χ0v) is 20.5. The first-order valence-corrected chi connectivity index (χ1v) is 11.0. The molecule has 3 N–H and O–H groups in total. The average Bonchev–Trinajstić information content (AvgIpc) is 2.82. The van der Waals surface area contributed by atoms with Gasteiger partial charge in [-0.25, -0.2) is 0 Å². The maximum atomic E-state index is 11.8. The zero-order valence-electron chi connectivity index (χ0n) is 17.5. The summed E-state index contributed by atoms with van der Waals surface area (Å²) in [5.74, 6) is 2.57. The van der Waals surface area contributed by atoms with E-state index < -0.39 is 10.4 Å². The van der Waals surface area contributed by atoms with Gasteiger partial charge < -0.3 is 6.53 Å². The van der Waals surface area contributed by atoms with Gasteiger partial charge in [0, 0.05) is 6.42 Å². The number of aliphatic hydroxyl groups is 1. The molecule has 0 aromatic carbocycles. The van der Waals surface area contributed by atoms with Gasteiger partial charge in [-0.15, -0.1) is 0 Å². The van der Waals surface area contributed by atoms with Gasteiger partial charge in [0.25, 0.3) is 0 Å². The van der Waals surface area contributed by atoms with Crippen LogP contribution in [0.2, 0.25) is 0 Å². The fourth-order valence-electron chi connectivity index (χ4n) is 6.53. The van der Waals surface area contributed by atoms with Gasteiger partial charge in [-0.1, -0.05) is 19.4 Å². The molecule has 6 nitrogen and oxygen atoms in total. The molecule has 4 aliphatic rings. The number of ketones is 1. The van der Waals surface area contributed by atoms with Crippen LogP contribution in [0, 0.1) is 28.6 Å². The minimum absolute atomic E-state index is 0. The second-order valence-corrected chi connectivity index (χ2v) is 9.95. The van der Waals surface area contributed by atoms with E-state index in [9.17, 15) is 9.90 Å². The summed E-state index contributed by atoms with van der Waals surface area (Å²) in [6.45, 7) is 4.76. The Morgan fingerprint density at radius 1 is 1.04 bits per heavy atom. The number of allylic oxidation sites excluding steroid dienone is 1. The molecular weight excluding hydrogens is 395 g/mol. The van der Waals surface area contributed by atoms with Crippen LogP contribution in [-0.2, 0) is 15.2 Å². The largest absolute Gasteiger partial charge is 1.00 e. The predicted molar refractivity (Wildman–Crippen MR) is 98.0 cm³/mol. The smallest absolute Gasteiger partial charge is 1.00 e. The van der Waals surface area contributed by atoms with Gasteiger partial charge in [-0.2, -0.15) is 8.42 Å². The maximum Gasteiger partial charge on any atom is 1.00 e. The van der Waals surface area contributed by atoms with Crippen LogP contribution >= 0.6 is 0 Å². The van der Waals surface area contributed by atoms with Crippen molar-refractivity contribution in [3.63, 3.8) is 0 Å². The third-order valence-electron chi connectivity index (χ3n) is 7.91. The SMILES string of the molecule is C[C@]12CC[C@H]3[C@@H](CCC4=CC(=O)CC[C@@]43C)[C@@H]1CC[C@@H]2O.O=S(=O)(O)O.[H-].[K+]. The van der Waals surface area contributed by atoms with Crippen molar-refractivity contribution >= 4 is 16.2 Å². The molecule has 0 saturated heterocycles. The number of fused-ring (bicyclic) bond motifs is 5. The van der Waals surface area contributed by atoms with Crippen molar-refractivity contribution in [2.75, 3.05) is 0 Å². The molecule has 0 unspecified atom stereocenters. The van der Waals surface area contributed by atoms with Crippen molar-refractivity contribution in [2.24, 2.45) is 28.6 Å². The van der Waals surface area contributed by atoms with E-state index >= 15 is 0 Å². The maximum absolute atomic E-state index is 11.8. The van der Waals surface area contributed by atoms with E-state index in [-0.39, 0.29) is 69.7 Å².